The number of fused-ring (bicyclic) bond motifs is 1. The third kappa shape index (κ3) is 7.44. The molecule has 2 aromatic heterocycles. The number of esters is 1. The Morgan fingerprint density at radius 2 is 1.86 bits per heavy atom. The van der Waals surface area contributed by atoms with Crippen molar-refractivity contribution >= 4 is 21.9 Å². The van der Waals surface area contributed by atoms with Crippen LogP contribution in [0.3, 0.4) is 0 Å². The lowest BCUT2D eigenvalue weighted by atomic mass is 9.88. The average Bonchev–Trinajstić information content (AvgIpc) is 3.22. The first-order valence-electron chi connectivity index (χ1n) is 13.4. The fourth-order valence-electron chi connectivity index (χ4n) is 4.95. The van der Waals surface area contributed by atoms with E-state index in [0.717, 1.165) is 46.6 Å². The second-order valence-corrected chi connectivity index (χ2v) is 11.1. The molecule has 6 nitrogen and oxygen atoms in total. The van der Waals surface area contributed by atoms with Gasteiger partial charge in [0, 0.05) is 35.4 Å². The molecule has 0 spiro atoms. The van der Waals surface area contributed by atoms with E-state index in [4.69, 9.17) is 19.6 Å². The number of carbonyl (C=O) groups is 1. The summed E-state index contributed by atoms with van der Waals surface area (Å²) in [6.45, 7) is 7.11. The molecule has 37 heavy (non-hydrogen) atoms. The largest absolute Gasteiger partial charge is 0.477 e. The van der Waals surface area contributed by atoms with E-state index in [1.165, 1.54) is 29.7 Å². The van der Waals surface area contributed by atoms with Crippen molar-refractivity contribution in [2.45, 2.75) is 77.6 Å². The summed E-state index contributed by atoms with van der Waals surface area (Å²) in [5.74, 6) is 0.874. The molecule has 0 aliphatic heterocycles. The molecular formula is C30H38BrN3O3. The smallest absolute Gasteiger partial charge is 0.306 e. The van der Waals surface area contributed by atoms with E-state index in [-0.39, 0.29) is 11.9 Å². The van der Waals surface area contributed by atoms with Gasteiger partial charge in [-0.1, -0.05) is 41.9 Å². The molecule has 2 heterocycles. The van der Waals surface area contributed by atoms with Crippen molar-refractivity contribution in [1.82, 2.24) is 14.8 Å². The van der Waals surface area contributed by atoms with Crippen LogP contribution in [0.2, 0.25) is 0 Å². The van der Waals surface area contributed by atoms with Crippen LogP contribution in [0.5, 0.6) is 5.88 Å². The Balaban J connectivity index is 1.44. The van der Waals surface area contributed by atoms with Gasteiger partial charge in [0.2, 0.25) is 5.88 Å². The van der Waals surface area contributed by atoms with Gasteiger partial charge in [-0.05, 0) is 85.8 Å². The maximum absolute atomic E-state index is 12.5. The quantitative estimate of drug-likeness (QED) is 0.248. The van der Waals surface area contributed by atoms with Crippen LogP contribution in [0.15, 0.2) is 40.9 Å². The highest BCUT2D eigenvalue weighted by molar-refractivity contribution is 9.10. The zero-order chi connectivity index (χ0) is 26.4. The fourth-order valence-corrected chi connectivity index (χ4v) is 5.48. The maximum Gasteiger partial charge on any atom is 0.306 e. The molecule has 7 heteroatoms. The number of nitrogens with zero attached hydrogens (tertiary/aromatic N) is 3. The first-order chi connectivity index (χ1) is 17.8. The topological polar surface area (TPSA) is 66.2 Å². The predicted molar refractivity (Wildman–Crippen MR) is 149 cm³/mol. The van der Waals surface area contributed by atoms with Crippen molar-refractivity contribution in [1.29, 1.82) is 0 Å². The van der Waals surface area contributed by atoms with Gasteiger partial charge >= 0.3 is 5.97 Å². The Labute approximate surface area is 228 Å². The van der Waals surface area contributed by atoms with Gasteiger partial charge in [0.15, 0.2) is 0 Å². The highest BCUT2D eigenvalue weighted by Gasteiger charge is 2.21. The van der Waals surface area contributed by atoms with Crippen LogP contribution < -0.4 is 4.74 Å². The summed E-state index contributed by atoms with van der Waals surface area (Å²) in [6, 6.07) is 12.8. The highest BCUT2D eigenvalue weighted by atomic mass is 79.9. The SMILES string of the molecule is CCOC(=O)CC(Cc1cc(OCCc2ccc3c(n2)CCCC3)n(C)n1)c1cc(Br)cc(C(C)C)c1. The molecule has 4 rings (SSSR count). The molecule has 0 fully saturated rings. The van der Waals surface area contributed by atoms with Gasteiger partial charge in [-0.2, -0.15) is 5.10 Å². The van der Waals surface area contributed by atoms with Gasteiger partial charge in [0.25, 0.3) is 0 Å². The minimum Gasteiger partial charge on any atom is -0.477 e. The normalized spacial score (nSPS) is 13.9. The minimum atomic E-state index is -0.191. The Morgan fingerprint density at radius 3 is 2.65 bits per heavy atom. The first kappa shape index (κ1) is 27.4. The molecule has 1 atom stereocenters. The lowest BCUT2D eigenvalue weighted by Gasteiger charge is -2.18. The monoisotopic (exact) mass is 567 g/mol. The van der Waals surface area contributed by atoms with E-state index >= 15 is 0 Å². The number of hydrogen-bond acceptors (Lipinski definition) is 5. The number of halogens is 1. The number of rotatable bonds is 11. The zero-order valence-corrected chi connectivity index (χ0v) is 24.0. The van der Waals surface area contributed by atoms with E-state index in [1.807, 2.05) is 20.0 Å². The summed E-state index contributed by atoms with van der Waals surface area (Å²) in [4.78, 5) is 17.3. The van der Waals surface area contributed by atoms with Crippen molar-refractivity contribution in [3.05, 3.63) is 74.6 Å². The van der Waals surface area contributed by atoms with Gasteiger partial charge in [-0.3, -0.25) is 9.78 Å². The van der Waals surface area contributed by atoms with E-state index in [1.54, 1.807) is 4.68 Å². The second kappa shape index (κ2) is 12.7. The molecule has 1 aromatic carbocycles. The predicted octanol–water partition coefficient (Wildman–Crippen LogP) is 6.48. The van der Waals surface area contributed by atoms with Crippen LogP contribution in [0.25, 0.3) is 0 Å². The molecule has 3 aromatic rings. The first-order valence-corrected chi connectivity index (χ1v) is 14.2. The minimum absolute atomic E-state index is 0.0449. The molecule has 1 aliphatic rings. The summed E-state index contributed by atoms with van der Waals surface area (Å²) in [7, 11) is 1.90. The lowest BCUT2D eigenvalue weighted by Crippen LogP contribution is -2.13. The van der Waals surface area contributed by atoms with Crippen LogP contribution in [0, 0.1) is 0 Å². The van der Waals surface area contributed by atoms with Crippen LogP contribution in [-0.4, -0.2) is 33.9 Å². The fraction of sp³-hybridized carbons (Fsp3) is 0.500. The summed E-state index contributed by atoms with van der Waals surface area (Å²) in [6.07, 6.45) is 6.41. The molecule has 1 aliphatic carbocycles. The number of pyridine rings is 1. The Hall–Kier alpha value is -2.67. The molecule has 198 valence electrons. The Kier molecular flexibility index (Phi) is 9.41. The van der Waals surface area contributed by atoms with Gasteiger partial charge in [-0.15, -0.1) is 0 Å². The highest BCUT2D eigenvalue weighted by Crippen LogP contribution is 2.31. The average molecular weight is 569 g/mol. The molecule has 0 radical (unpaired) electrons. The van der Waals surface area contributed by atoms with Gasteiger partial charge in [0.05, 0.1) is 25.3 Å². The van der Waals surface area contributed by atoms with Crippen molar-refractivity contribution < 1.29 is 14.3 Å². The van der Waals surface area contributed by atoms with E-state index in [2.05, 4.69) is 60.1 Å². The molecule has 1 unspecified atom stereocenters. The van der Waals surface area contributed by atoms with Crippen LogP contribution in [-0.2, 0) is 42.3 Å². The molecule has 0 saturated heterocycles. The molecule has 0 saturated carbocycles. The molecular weight excluding hydrogens is 530 g/mol. The Bertz CT molecular complexity index is 1220. The summed E-state index contributed by atoms with van der Waals surface area (Å²) < 4.78 is 14.2. The third-order valence-corrected chi connectivity index (χ3v) is 7.44. The van der Waals surface area contributed by atoms with Crippen molar-refractivity contribution in [3.63, 3.8) is 0 Å². The number of aromatic nitrogens is 3. The number of hydrogen-bond donors (Lipinski definition) is 0. The van der Waals surface area contributed by atoms with Crippen LogP contribution >= 0.6 is 15.9 Å². The number of ether oxygens (including phenoxy) is 2. The lowest BCUT2D eigenvalue weighted by molar-refractivity contribution is -0.143. The number of aryl methyl sites for hydroxylation is 3. The van der Waals surface area contributed by atoms with E-state index < -0.39 is 0 Å². The van der Waals surface area contributed by atoms with Gasteiger partial charge in [-0.25, -0.2) is 4.68 Å². The summed E-state index contributed by atoms with van der Waals surface area (Å²) in [5.41, 5.74) is 6.97. The second-order valence-electron chi connectivity index (χ2n) is 10.2. The standard InChI is InChI=1S/C30H38BrN3O3/c1-5-36-30(35)18-24(23-14-22(20(2)3)15-25(31)16-23)17-27-19-29(34(4)33-27)37-13-12-26-11-10-21-8-6-7-9-28(21)32-26/h10-11,14-16,19-20,24H,5-9,12-13,17-18H2,1-4H3. The van der Waals surface area contributed by atoms with Crippen molar-refractivity contribution in [2.75, 3.05) is 13.2 Å². The molecule has 0 amide bonds. The van der Waals surface area contributed by atoms with E-state index in [0.29, 0.717) is 32.0 Å². The van der Waals surface area contributed by atoms with Crippen molar-refractivity contribution in [2.24, 2.45) is 7.05 Å². The zero-order valence-electron chi connectivity index (χ0n) is 22.4. The Morgan fingerprint density at radius 1 is 1.08 bits per heavy atom. The summed E-state index contributed by atoms with van der Waals surface area (Å²) in [5, 5.41) is 4.70. The number of benzene rings is 1. The number of carbonyl (C=O) groups excluding carboxylic acids is 1. The van der Waals surface area contributed by atoms with Crippen LogP contribution in [0.4, 0.5) is 0 Å². The van der Waals surface area contributed by atoms with Gasteiger partial charge < -0.3 is 9.47 Å². The van der Waals surface area contributed by atoms with Crippen LogP contribution in [0.1, 0.15) is 85.6 Å². The molecule has 0 bridgehead atoms. The maximum atomic E-state index is 12.5. The molecule has 0 N–H and O–H groups in total. The van der Waals surface area contributed by atoms with E-state index in [9.17, 15) is 4.79 Å². The third-order valence-electron chi connectivity index (χ3n) is 6.99. The van der Waals surface area contributed by atoms with Gasteiger partial charge in [0.1, 0.15) is 0 Å². The van der Waals surface area contributed by atoms with Crippen molar-refractivity contribution in [3.8, 4) is 5.88 Å². The summed E-state index contributed by atoms with van der Waals surface area (Å²) >= 11 is 3.65.